The Bertz CT molecular complexity index is 3780. The molecule has 0 aliphatic heterocycles. The number of benzene rings is 11. The van der Waals surface area contributed by atoms with Crippen molar-refractivity contribution in [2.45, 2.75) is 12.0 Å². The molecule has 70 heavy (non-hydrogen) atoms. The van der Waals surface area contributed by atoms with Gasteiger partial charge in [-0.25, -0.2) is 0 Å². The molecule has 13 rings (SSSR count). The van der Waals surface area contributed by atoms with E-state index in [0.29, 0.717) is 6.54 Å². The average molecular weight is 893 g/mol. The highest BCUT2D eigenvalue weighted by molar-refractivity contribution is 6.11. The maximum atomic E-state index is 2.53. The monoisotopic (exact) mass is 892 g/mol. The zero-order valence-electron chi connectivity index (χ0n) is 38.7. The Morgan fingerprint density at radius 3 is 1.50 bits per heavy atom. The van der Waals surface area contributed by atoms with Crippen LogP contribution < -0.4 is 4.90 Å². The van der Waals surface area contributed by atoms with Crippen molar-refractivity contribution in [2.24, 2.45) is 0 Å². The molecule has 0 atom stereocenters. The van der Waals surface area contributed by atoms with Crippen LogP contribution in [0.4, 0.5) is 11.4 Å². The van der Waals surface area contributed by atoms with Gasteiger partial charge in [-0.05, 0) is 109 Å². The molecule has 1 aromatic heterocycles. The quantitative estimate of drug-likeness (QED) is 0.133. The van der Waals surface area contributed by atoms with E-state index in [1.165, 1.54) is 99.8 Å². The molecule has 0 radical (unpaired) electrons. The number of hydrogen-bond acceptors (Lipinski definition) is 1. The van der Waals surface area contributed by atoms with Crippen LogP contribution in [0.15, 0.2) is 279 Å². The molecule has 12 aromatic rings. The van der Waals surface area contributed by atoms with Crippen LogP contribution >= 0.6 is 0 Å². The van der Waals surface area contributed by atoms with Crippen molar-refractivity contribution in [3.05, 3.63) is 307 Å². The molecule has 330 valence electrons. The minimum absolute atomic E-state index is 0.494. The first kappa shape index (κ1) is 41.2. The normalized spacial score (nSPS) is 12.5. The highest BCUT2D eigenvalue weighted by Crippen LogP contribution is 2.58. The van der Waals surface area contributed by atoms with Crippen LogP contribution in [0.3, 0.4) is 0 Å². The molecule has 0 amide bonds. The third-order valence-electron chi connectivity index (χ3n) is 14.6. The van der Waals surface area contributed by atoms with Crippen molar-refractivity contribution in [3.63, 3.8) is 0 Å². The maximum absolute atomic E-state index is 2.53. The lowest BCUT2D eigenvalue weighted by atomic mass is 9.68. The Hall–Kier alpha value is -8.98. The number of nitrogens with zero attached hydrogens (tertiary/aromatic N) is 2. The van der Waals surface area contributed by atoms with E-state index in [1.807, 2.05) is 0 Å². The first-order chi connectivity index (χ1) is 34.7. The summed E-state index contributed by atoms with van der Waals surface area (Å²) in [7, 11) is 0. The smallest absolute Gasteiger partial charge is 0.0714 e. The maximum Gasteiger partial charge on any atom is 0.0714 e. The minimum Gasteiger partial charge on any atom is -0.337 e. The van der Waals surface area contributed by atoms with Crippen LogP contribution in [0, 0.1) is 0 Å². The van der Waals surface area contributed by atoms with Gasteiger partial charge in [-0.1, -0.05) is 237 Å². The molecule has 0 saturated heterocycles. The summed E-state index contributed by atoms with van der Waals surface area (Å²) in [4.78, 5) is 2.44. The summed E-state index contributed by atoms with van der Waals surface area (Å²) in [6.45, 7) is 0.691. The highest BCUT2D eigenvalue weighted by Gasteiger charge is 2.47. The Morgan fingerprint density at radius 2 is 0.814 bits per heavy atom. The topological polar surface area (TPSA) is 8.17 Å². The number of rotatable bonds is 10. The first-order valence-electron chi connectivity index (χ1n) is 24.3. The second-order valence-corrected chi connectivity index (χ2v) is 18.4. The van der Waals surface area contributed by atoms with Gasteiger partial charge in [0, 0.05) is 34.3 Å². The van der Waals surface area contributed by atoms with Crippen molar-refractivity contribution in [1.29, 1.82) is 0 Å². The molecule has 2 nitrogen and oxygen atoms in total. The fourth-order valence-corrected chi connectivity index (χ4v) is 11.4. The van der Waals surface area contributed by atoms with Gasteiger partial charge in [0.25, 0.3) is 0 Å². The summed E-state index contributed by atoms with van der Waals surface area (Å²) in [5.41, 5.74) is 21.5. The Labute approximate surface area is 409 Å². The fourth-order valence-electron chi connectivity index (χ4n) is 11.4. The second kappa shape index (κ2) is 17.3. The first-order valence-corrected chi connectivity index (χ1v) is 24.3. The standard InChI is InChI=1S/C68H48N2/c1-5-20-48(21-6-1)49-36-38-50(39-37-49)51-40-43-57(44-41-51)69(56-27-11-4-12-28-56)47-53-22-13-14-29-58(53)52-42-45-60-59-30-16-18-34-64(59)70(66(60)46-52)65-35-19-33-63-67(65)61-31-15-17-32-62(61)68(63,54-23-7-2-8-24-54)55-25-9-3-10-26-55/h1-46H,47H2. The molecule has 0 bridgehead atoms. The fraction of sp³-hybridized carbons (Fsp3) is 0.0294. The predicted octanol–water partition coefficient (Wildman–Crippen LogP) is 17.5. The SMILES string of the molecule is c1ccc(-c2ccc(-c3ccc(N(Cc4ccccc4-c4ccc5c6ccccc6n(-c6cccc7c6-c6ccccc6C7(c6ccccc6)c6ccccc6)c5c4)c4ccccc4)cc3)cc2)cc1. The van der Waals surface area contributed by atoms with Gasteiger partial charge in [-0.2, -0.15) is 0 Å². The lowest BCUT2D eigenvalue weighted by Crippen LogP contribution is -2.28. The van der Waals surface area contributed by atoms with Gasteiger partial charge in [-0.15, -0.1) is 0 Å². The molecular weight excluding hydrogens is 845 g/mol. The molecule has 0 unspecified atom stereocenters. The zero-order valence-corrected chi connectivity index (χ0v) is 38.7. The molecule has 0 saturated carbocycles. The van der Waals surface area contributed by atoms with E-state index < -0.39 is 5.41 Å². The van der Waals surface area contributed by atoms with Crippen molar-refractivity contribution in [1.82, 2.24) is 4.57 Å². The molecule has 1 aliphatic rings. The summed E-state index contributed by atoms with van der Waals surface area (Å²) < 4.78 is 2.53. The molecule has 1 heterocycles. The van der Waals surface area contributed by atoms with Crippen LogP contribution in [0.5, 0.6) is 0 Å². The summed E-state index contributed by atoms with van der Waals surface area (Å²) in [5, 5.41) is 2.48. The molecule has 11 aromatic carbocycles. The Morgan fingerprint density at radius 1 is 0.329 bits per heavy atom. The summed E-state index contributed by atoms with van der Waals surface area (Å²) in [6, 6.07) is 102. The van der Waals surface area contributed by atoms with Crippen LogP contribution in [0.1, 0.15) is 27.8 Å². The van der Waals surface area contributed by atoms with E-state index in [1.54, 1.807) is 0 Å². The van der Waals surface area contributed by atoms with E-state index in [-0.39, 0.29) is 0 Å². The van der Waals surface area contributed by atoms with Crippen LogP contribution in [-0.4, -0.2) is 4.57 Å². The van der Waals surface area contributed by atoms with Gasteiger partial charge in [0.1, 0.15) is 0 Å². The zero-order chi connectivity index (χ0) is 46.4. The molecule has 1 aliphatic carbocycles. The third-order valence-corrected chi connectivity index (χ3v) is 14.6. The Kier molecular flexibility index (Phi) is 10.2. The van der Waals surface area contributed by atoms with E-state index in [9.17, 15) is 0 Å². The minimum atomic E-state index is -0.494. The summed E-state index contributed by atoms with van der Waals surface area (Å²) in [5.74, 6) is 0. The number of aromatic nitrogens is 1. The van der Waals surface area contributed by atoms with Crippen LogP contribution in [-0.2, 0) is 12.0 Å². The highest BCUT2D eigenvalue weighted by atomic mass is 15.1. The van der Waals surface area contributed by atoms with Crippen molar-refractivity contribution < 1.29 is 0 Å². The van der Waals surface area contributed by atoms with Crippen molar-refractivity contribution in [2.75, 3.05) is 4.90 Å². The van der Waals surface area contributed by atoms with Crippen molar-refractivity contribution in [3.8, 4) is 50.2 Å². The summed E-state index contributed by atoms with van der Waals surface area (Å²) >= 11 is 0. The molecule has 0 N–H and O–H groups in total. The van der Waals surface area contributed by atoms with Gasteiger partial charge in [0.05, 0.1) is 22.1 Å². The number of para-hydroxylation sites is 2. The van der Waals surface area contributed by atoms with Crippen molar-refractivity contribution >= 4 is 33.2 Å². The number of fused-ring (bicyclic) bond motifs is 6. The van der Waals surface area contributed by atoms with E-state index in [2.05, 4.69) is 289 Å². The summed E-state index contributed by atoms with van der Waals surface area (Å²) in [6.07, 6.45) is 0. The predicted molar refractivity (Wildman–Crippen MR) is 293 cm³/mol. The average Bonchev–Trinajstić information content (AvgIpc) is 3.94. The lowest BCUT2D eigenvalue weighted by molar-refractivity contribution is 0.768. The Balaban J connectivity index is 0.931. The largest absolute Gasteiger partial charge is 0.337 e. The second-order valence-electron chi connectivity index (χ2n) is 18.4. The third kappa shape index (κ3) is 6.79. The van der Waals surface area contributed by atoms with Gasteiger partial charge in [-0.3, -0.25) is 0 Å². The molecule has 0 spiro atoms. The molecule has 2 heteroatoms. The van der Waals surface area contributed by atoms with Gasteiger partial charge < -0.3 is 9.47 Å². The van der Waals surface area contributed by atoms with E-state index in [4.69, 9.17) is 0 Å². The van der Waals surface area contributed by atoms with Crippen LogP contribution in [0.2, 0.25) is 0 Å². The molecule has 0 fully saturated rings. The van der Waals surface area contributed by atoms with Gasteiger partial charge >= 0.3 is 0 Å². The number of anilines is 2. The van der Waals surface area contributed by atoms with E-state index >= 15 is 0 Å². The van der Waals surface area contributed by atoms with Gasteiger partial charge in [0.2, 0.25) is 0 Å². The van der Waals surface area contributed by atoms with Crippen LogP contribution in [0.25, 0.3) is 72.0 Å². The lowest BCUT2D eigenvalue weighted by Gasteiger charge is -2.34. The van der Waals surface area contributed by atoms with E-state index in [0.717, 1.165) is 11.4 Å². The van der Waals surface area contributed by atoms with Gasteiger partial charge in [0.15, 0.2) is 0 Å². The number of hydrogen-bond donors (Lipinski definition) is 0. The molecular formula is C68H48N2.